The lowest BCUT2D eigenvalue weighted by molar-refractivity contribution is 0.630. The van der Waals surface area contributed by atoms with Gasteiger partial charge in [-0.3, -0.25) is 4.79 Å². The molecule has 0 aliphatic carbocycles. The lowest BCUT2D eigenvalue weighted by Gasteiger charge is -2.04. The largest absolute Gasteiger partial charge is 0.306 e. The van der Waals surface area contributed by atoms with Gasteiger partial charge in [0, 0.05) is 22.4 Å². The molecule has 0 fully saturated rings. The molecule has 0 saturated heterocycles. The summed E-state index contributed by atoms with van der Waals surface area (Å²) in [5, 5.41) is 1.86. The van der Waals surface area contributed by atoms with Gasteiger partial charge in [-0.05, 0) is 24.3 Å². The van der Waals surface area contributed by atoms with Crippen molar-refractivity contribution < 1.29 is 4.39 Å². The van der Waals surface area contributed by atoms with Gasteiger partial charge >= 0.3 is 0 Å². The van der Waals surface area contributed by atoms with Crippen molar-refractivity contribution in [2.75, 3.05) is 0 Å². The number of nitrogens with zero attached hydrogens (tertiary/aromatic N) is 1. The van der Waals surface area contributed by atoms with Crippen LogP contribution in [0.1, 0.15) is 0 Å². The van der Waals surface area contributed by atoms with Gasteiger partial charge in [0.25, 0.3) is 5.56 Å². The molecule has 17 heavy (non-hydrogen) atoms. The third kappa shape index (κ3) is 1.49. The van der Waals surface area contributed by atoms with E-state index in [1.165, 1.54) is 24.4 Å². The molecule has 0 spiro atoms. The Balaban J connectivity index is 2.70. The lowest BCUT2D eigenvalue weighted by Crippen LogP contribution is -2.07. The van der Waals surface area contributed by atoms with E-state index in [1.54, 1.807) is 6.07 Å². The minimum atomic E-state index is -0.413. The quantitative estimate of drug-likeness (QED) is 0.622. The molecular weight excluding hydrogens is 243 g/mol. The van der Waals surface area contributed by atoms with Gasteiger partial charge in [-0.25, -0.2) is 9.37 Å². The number of pyridine rings is 2. The predicted molar refractivity (Wildman–Crippen MR) is 64.8 cm³/mol. The van der Waals surface area contributed by atoms with Crippen molar-refractivity contribution in [2.24, 2.45) is 0 Å². The maximum atomic E-state index is 13.3. The average molecular weight is 249 g/mol. The van der Waals surface area contributed by atoms with E-state index < -0.39 is 5.82 Å². The molecule has 0 aliphatic rings. The second kappa shape index (κ2) is 3.53. The molecule has 3 rings (SSSR count). The Labute approximate surface area is 99.9 Å². The SMILES string of the molecule is O=c1[nH]c2nccc(Cl)c2c2cc(F)ccc12. The Morgan fingerprint density at radius 3 is 2.88 bits per heavy atom. The molecule has 0 amide bonds. The van der Waals surface area contributed by atoms with Crippen LogP contribution < -0.4 is 5.56 Å². The molecule has 1 aromatic carbocycles. The van der Waals surface area contributed by atoms with Gasteiger partial charge in [0.05, 0.1) is 5.02 Å². The summed E-state index contributed by atoms with van der Waals surface area (Å²) < 4.78 is 13.3. The van der Waals surface area contributed by atoms with E-state index in [2.05, 4.69) is 9.97 Å². The van der Waals surface area contributed by atoms with Crippen LogP contribution in [0.2, 0.25) is 5.02 Å². The van der Waals surface area contributed by atoms with E-state index in [-0.39, 0.29) is 5.56 Å². The van der Waals surface area contributed by atoms with E-state index in [0.29, 0.717) is 26.8 Å². The van der Waals surface area contributed by atoms with Crippen LogP contribution in [0.4, 0.5) is 4.39 Å². The zero-order chi connectivity index (χ0) is 12.0. The van der Waals surface area contributed by atoms with Crippen molar-refractivity contribution in [3.8, 4) is 0 Å². The van der Waals surface area contributed by atoms with E-state index in [1.807, 2.05) is 0 Å². The van der Waals surface area contributed by atoms with Crippen LogP contribution in [0.3, 0.4) is 0 Å². The molecule has 3 aromatic rings. The smallest absolute Gasteiger partial charge is 0.257 e. The number of rotatable bonds is 0. The average Bonchev–Trinajstić information content (AvgIpc) is 2.28. The van der Waals surface area contributed by atoms with Crippen LogP contribution in [0.25, 0.3) is 21.8 Å². The van der Waals surface area contributed by atoms with Crippen molar-refractivity contribution in [2.45, 2.75) is 0 Å². The summed E-state index contributed by atoms with van der Waals surface area (Å²) in [5.74, 6) is -0.413. The lowest BCUT2D eigenvalue weighted by atomic mass is 10.1. The van der Waals surface area contributed by atoms with Gasteiger partial charge in [0.2, 0.25) is 0 Å². The number of fused-ring (bicyclic) bond motifs is 3. The van der Waals surface area contributed by atoms with Crippen molar-refractivity contribution >= 4 is 33.4 Å². The summed E-state index contributed by atoms with van der Waals surface area (Å²) in [6, 6.07) is 5.58. The molecule has 0 saturated carbocycles. The van der Waals surface area contributed by atoms with Crippen LogP contribution in [0.15, 0.2) is 35.3 Å². The van der Waals surface area contributed by atoms with Crippen LogP contribution in [-0.2, 0) is 0 Å². The fourth-order valence-corrected chi connectivity index (χ4v) is 2.13. The highest BCUT2D eigenvalue weighted by Gasteiger charge is 2.09. The van der Waals surface area contributed by atoms with Crippen LogP contribution >= 0.6 is 11.6 Å². The molecule has 0 atom stereocenters. The number of halogens is 2. The highest BCUT2D eigenvalue weighted by Crippen LogP contribution is 2.27. The van der Waals surface area contributed by atoms with Gasteiger partial charge in [-0.15, -0.1) is 0 Å². The van der Waals surface area contributed by atoms with E-state index in [9.17, 15) is 9.18 Å². The third-order valence-electron chi connectivity index (χ3n) is 2.63. The summed E-state index contributed by atoms with van der Waals surface area (Å²) in [6.45, 7) is 0. The molecule has 0 radical (unpaired) electrons. The summed E-state index contributed by atoms with van der Waals surface area (Å²) in [5.41, 5.74) is 0.0582. The fraction of sp³-hybridized carbons (Fsp3) is 0. The van der Waals surface area contributed by atoms with Crippen LogP contribution in [0, 0.1) is 5.82 Å². The molecule has 2 heterocycles. The standard InChI is InChI=1S/C12H6ClFN2O/c13-9-3-4-15-11-10(9)8-5-6(14)1-2-7(8)12(17)16-11/h1-5H,(H,15,16,17). The maximum absolute atomic E-state index is 13.3. The molecule has 84 valence electrons. The molecule has 3 nitrogen and oxygen atoms in total. The van der Waals surface area contributed by atoms with Crippen molar-refractivity contribution in [1.29, 1.82) is 0 Å². The van der Waals surface area contributed by atoms with Gasteiger partial charge in [-0.1, -0.05) is 11.6 Å². The second-order valence-corrected chi connectivity index (χ2v) is 4.07. The van der Waals surface area contributed by atoms with E-state index in [0.717, 1.165) is 0 Å². The molecule has 0 aliphatic heterocycles. The minimum absolute atomic E-state index is 0.303. The first-order valence-corrected chi connectivity index (χ1v) is 5.30. The highest BCUT2D eigenvalue weighted by molar-refractivity contribution is 6.37. The first kappa shape index (κ1) is 10.2. The maximum Gasteiger partial charge on any atom is 0.257 e. The predicted octanol–water partition coefficient (Wildman–Crippen LogP) is 2.87. The number of hydrogen-bond donors (Lipinski definition) is 1. The van der Waals surface area contributed by atoms with Crippen LogP contribution in [-0.4, -0.2) is 9.97 Å². The molecule has 5 heteroatoms. The summed E-state index contributed by atoms with van der Waals surface area (Å²) in [6.07, 6.45) is 1.49. The normalized spacial score (nSPS) is 11.2. The summed E-state index contributed by atoms with van der Waals surface area (Å²) in [7, 11) is 0. The zero-order valence-corrected chi connectivity index (χ0v) is 9.25. The monoisotopic (exact) mass is 248 g/mol. The number of benzene rings is 1. The number of aromatic amines is 1. The second-order valence-electron chi connectivity index (χ2n) is 3.66. The summed E-state index contributed by atoms with van der Waals surface area (Å²) in [4.78, 5) is 18.4. The number of H-pyrrole nitrogens is 1. The van der Waals surface area contributed by atoms with Crippen molar-refractivity contribution in [3.05, 3.63) is 51.7 Å². The third-order valence-corrected chi connectivity index (χ3v) is 2.94. The van der Waals surface area contributed by atoms with Gasteiger partial charge < -0.3 is 4.98 Å². The zero-order valence-electron chi connectivity index (χ0n) is 8.50. The van der Waals surface area contributed by atoms with Gasteiger partial charge in [-0.2, -0.15) is 0 Å². The molecule has 0 unspecified atom stereocenters. The molecule has 1 N–H and O–H groups in total. The fourth-order valence-electron chi connectivity index (χ4n) is 1.89. The Bertz CT molecular complexity index is 797. The first-order chi connectivity index (χ1) is 8.16. The van der Waals surface area contributed by atoms with Gasteiger partial charge in [0.15, 0.2) is 0 Å². The highest BCUT2D eigenvalue weighted by atomic mass is 35.5. The van der Waals surface area contributed by atoms with E-state index in [4.69, 9.17) is 11.6 Å². The Morgan fingerprint density at radius 2 is 2.06 bits per heavy atom. The number of nitrogens with one attached hydrogen (secondary N) is 1. The Kier molecular flexibility index (Phi) is 2.12. The van der Waals surface area contributed by atoms with Gasteiger partial charge in [0.1, 0.15) is 11.5 Å². The Hall–Kier alpha value is -1.94. The minimum Gasteiger partial charge on any atom is -0.306 e. The van der Waals surface area contributed by atoms with Crippen molar-refractivity contribution in [3.63, 3.8) is 0 Å². The topological polar surface area (TPSA) is 45.8 Å². The molecule has 0 bridgehead atoms. The molecule has 2 aromatic heterocycles. The van der Waals surface area contributed by atoms with Crippen molar-refractivity contribution in [1.82, 2.24) is 9.97 Å². The van der Waals surface area contributed by atoms with Crippen LogP contribution in [0.5, 0.6) is 0 Å². The number of aromatic nitrogens is 2. The first-order valence-electron chi connectivity index (χ1n) is 4.92. The number of hydrogen-bond acceptors (Lipinski definition) is 2. The van der Waals surface area contributed by atoms with E-state index >= 15 is 0 Å². The summed E-state index contributed by atoms with van der Waals surface area (Å²) >= 11 is 6.06. The molecular formula is C12H6ClFN2O. The Morgan fingerprint density at radius 1 is 1.24 bits per heavy atom.